The summed E-state index contributed by atoms with van der Waals surface area (Å²) in [5, 5.41) is 17.8. The van der Waals surface area contributed by atoms with Crippen molar-refractivity contribution in [3.63, 3.8) is 0 Å². The van der Waals surface area contributed by atoms with Gasteiger partial charge in [-0.05, 0) is 116 Å². The molecule has 0 saturated carbocycles. The van der Waals surface area contributed by atoms with Crippen LogP contribution in [0.15, 0.2) is 127 Å². The van der Waals surface area contributed by atoms with E-state index in [9.17, 15) is 28.8 Å². The number of carbonyl (C=O) groups is 6. The minimum Gasteiger partial charge on any atom is -0.870 e. The Bertz CT molecular complexity index is 3790. The molecule has 5 N–H and O–H groups in total. The van der Waals surface area contributed by atoms with Crippen LogP contribution in [0.25, 0.3) is 33.1 Å². The number of aromatic nitrogens is 6. The van der Waals surface area contributed by atoms with Gasteiger partial charge in [0, 0.05) is 78.2 Å². The number of carboxylic acid groups (broad SMARTS) is 1. The van der Waals surface area contributed by atoms with E-state index in [1.165, 1.54) is 0 Å². The van der Waals surface area contributed by atoms with Crippen LogP contribution >= 0.6 is 0 Å². The fourth-order valence-electron chi connectivity index (χ4n) is 10.4. The van der Waals surface area contributed by atoms with E-state index in [0.717, 1.165) is 119 Å². The van der Waals surface area contributed by atoms with E-state index in [-0.39, 0.29) is 77.6 Å². The normalized spacial score (nSPS) is 12.9. The van der Waals surface area contributed by atoms with Gasteiger partial charge in [-0.3, -0.25) is 19.2 Å². The summed E-state index contributed by atoms with van der Waals surface area (Å²) in [6.07, 6.45) is 4.68. The first-order valence-corrected chi connectivity index (χ1v) is 26.5. The zero-order valence-corrected chi connectivity index (χ0v) is 47.7. The summed E-state index contributed by atoms with van der Waals surface area (Å²) in [7, 11) is 3.50. The molecule has 0 fully saturated rings. The van der Waals surface area contributed by atoms with Crippen molar-refractivity contribution in [1.29, 1.82) is 0 Å². The summed E-state index contributed by atoms with van der Waals surface area (Å²) in [5.41, 5.74) is 12.2. The average Bonchev–Trinajstić information content (AvgIpc) is 4.21. The van der Waals surface area contributed by atoms with Crippen molar-refractivity contribution in [2.45, 2.75) is 72.5 Å². The van der Waals surface area contributed by atoms with E-state index in [0.29, 0.717) is 60.6 Å². The number of aryl methyl sites for hydroxylation is 6. The van der Waals surface area contributed by atoms with Gasteiger partial charge >= 0.3 is 41.5 Å². The molecule has 3 aliphatic rings. The molecule has 0 unspecified atom stereocenters. The molecule has 82 heavy (non-hydrogen) atoms. The van der Waals surface area contributed by atoms with E-state index in [1.54, 1.807) is 50.2 Å². The number of nitrogens with one attached hydrogen (secondary N) is 3. The second-order valence-electron chi connectivity index (χ2n) is 19.6. The van der Waals surface area contributed by atoms with Crippen LogP contribution in [0.4, 0.5) is 0 Å². The predicted molar refractivity (Wildman–Crippen MR) is 307 cm³/mol. The van der Waals surface area contributed by atoms with Gasteiger partial charge in [-0.2, -0.15) is 0 Å². The number of carbonyl (C=O) groups excluding carboxylic acids is 5. The maximum atomic E-state index is 12.2. The fraction of sp³-hybridized carbons (Fsp3) is 0.274. The Labute approximate surface area is 496 Å². The minimum absolute atomic E-state index is 0. The second-order valence-corrected chi connectivity index (χ2v) is 19.6. The Morgan fingerprint density at radius 3 is 1.16 bits per heavy atom. The molecule has 3 aromatic heterocycles. The molecule has 418 valence electrons. The minimum atomic E-state index is -0.920. The Morgan fingerprint density at radius 2 is 0.841 bits per heavy atom. The van der Waals surface area contributed by atoms with E-state index in [1.807, 2.05) is 103 Å². The van der Waals surface area contributed by atoms with Gasteiger partial charge in [0.2, 0.25) is 0 Å². The van der Waals surface area contributed by atoms with Gasteiger partial charge in [0.1, 0.15) is 17.5 Å². The molecule has 12 rings (SSSR count). The van der Waals surface area contributed by atoms with Crippen LogP contribution in [-0.4, -0.2) is 120 Å². The molecule has 0 spiro atoms. The van der Waals surface area contributed by atoms with Crippen LogP contribution in [0.2, 0.25) is 0 Å². The third-order valence-electron chi connectivity index (χ3n) is 14.3. The largest absolute Gasteiger partial charge is 1.00 e. The Balaban J connectivity index is 0.000000174. The first kappa shape index (κ1) is 61.1. The van der Waals surface area contributed by atoms with E-state index in [4.69, 9.17) is 24.8 Å². The molecule has 4 amide bonds. The molecule has 9 aromatic rings. The van der Waals surface area contributed by atoms with Crippen LogP contribution < -0.4 is 45.5 Å². The van der Waals surface area contributed by atoms with Gasteiger partial charge in [0.25, 0.3) is 23.6 Å². The van der Waals surface area contributed by atoms with Gasteiger partial charge in [0.05, 0.1) is 67.5 Å². The molecule has 3 aliphatic heterocycles. The first-order valence-electron chi connectivity index (χ1n) is 26.5. The number of imidazole rings is 3. The number of rotatable bonds is 13. The molecule has 0 bridgehead atoms. The molecular formula is C62H65N10NaO9. The van der Waals surface area contributed by atoms with Gasteiger partial charge in [-0.15, -0.1) is 0 Å². The average molecular weight is 1120 g/mol. The van der Waals surface area contributed by atoms with Crippen molar-refractivity contribution >= 4 is 68.7 Å². The maximum Gasteiger partial charge on any atom is 1.00 e. The van der Waals surface area contributed by atoms with Crippen LogP contribution in [0, 0.1) is 0 Å². The smallest absolute Gasteiger partial charge is 0.870 e. The summed E-state index contributed by atoms with van der Waals surface area (Å²) in [6, 6.07) is 39.1. The Kier molecular flexibility index (Phi) is 20.4. The Morgan fingerprint density at radius 1 is 0.512 bits per heavy atom. The quantitative estimate of drug-likeness (QED) is 0.0903. The number of hydrogen-bond donors (Lipinski definition) is 4. The third-order valence-corrected chi connectivity index (χ3v) is 14.3. The van der Waals surface area contributed by atoms with E-state index < -0.39 is 5.97 Å². The van der Waals surface area contributed by atoms with Crippen LogP contribution in [0.1, 0.15) is 111 Å². The van der Waals surface area contributed by atoms with Gasteiger partial charge in [0.15, 0.2) is 0 Å². The molecule has 0 aliphatic carbocycles. The molecule has 6 heterocycles. The Hall–Kier alpha value is -8.49. The first-order chi connectivity index (χ1) is 38.3. The van der Waals surface area contributed by atoms with E-state index in [2.05, 4.69) is 29.7 Å². The van der Waals surface area contributed by atoms with E-state index >= 15 is 0 Å². The number of ether oxygens (including phenoxy) is 1. The third kappa shape index (κ3) is 13.3. The summed E-state index contributed by atoms with van der Waals surface area (Å²) in [5.74, 6) is 1.57. The SMILES string of the molecule is C.CCOC(=O)c1ccc(CCc2nc3cccc4c3n2CCNC4=O)cc1.CN(C)C(=O)c1ccc(CCc2nc3cccc4c3n2CCNC4=O)cc1.O=C(O)c1ccc(CCc2nc3cccc4c3n2CCNC4=O)cc1.[Na+].[OH-]. The van der Waals surface area contributed by atoms with Gasteiger partial charge in [-0.25, -0.2) is 24.5 Å². The summed E-state index contributed by atoms with van der Waals surface area (Å²) >= 11 is 0. The molecule has 0 saturated heterocycles. The molecule has 20 heteroatoms. The summed E-state index contributed by atoms with van der Waals surface area (Å²) in [6.45, 7) is 6.10. The number of carboxylic acids is 1. The number of para-hydroxylation sites is 3. The molecule has 0 radical (unpaired) electrons. The zero-order valence-electron chi connectivity index (χ0n) is 45.7. The second kappa shape index (κ2) is 27.3. The van der Waals surface area contributed by atoms with Crippen molar-refractivity contribution in [3.05, 3.63) is 195 Å². The maximum absolute atomic E-state index is 12.2. The van der Waals surface area contributed by atoms with Gasteiger partial charge in [-0.1, -0.05) is 62.0 Å². The van der Waals surface area contributed by atoms with Crippen LogP contribution in [-0.2, 0) is 62.9 Å². The van der Waals surface area contributed by atoms with Crippen molar-refractivity contribution in [2.24, 2.45) is 0 Å². The van der Waals surface area contributed by atoms with Crippen molar-refractivity contribution in [1.82, 2.24) is 49.5 Å². The zero-order chi connectivity index (χ0) is 55.2. The number of nitrogens with zero attached hydrogens (tertiary/aromatic N) is 7. The van der Waals surface area contributed by atoms with Crippen molar-refractivity contribution in [2.75, 3.05) is 40.3 Å². The molecule has 19 nitrogen and oxygen atoms in total. The van der Waals surface area contributed by atoms with Crippen LogP contribution in [0.3, 0.4) is 0 Å². The predicted octanol–water partition coefficient (Wildman–Crippen LogP) is 4.73. The van der Waals surface area contributed by atoms with Crippen LogP contribution in [0.5, 0.6) is 0 Å². The standard InChI is InChI=1S/C21H22N4O2.C21H21N3O3.C19H17N3O3.CH4.Na.H2O/c1-24(2)21(27)15-9-6-14(7-10-15)8-11-18-23-17-5-3-4-16-19(17)25(18)13-12-22-20(16)26;1-2-27-21(26)15-9-6-14(7-10-15)8-11-18-23-17-5-3-4-16-19(17)24(18)13-12-22-20(16)25;23-18-14-2-1-3-15-17(14)22(11-10-20-18)16(21-15)9-6-12-4-7-13(8-5-12)19(24)25;;;/h3-7,9-10H,8,11-13H2,1-2H3,(H,22,26);3-7,9-10H,2,8,11-13H2,1H3,(H,22,25);1-5,7-8H,6,9-11H2,(H,20,23)(H,24,25);1H4;;1H2/q;;;;+1;/p-1. The number of esters is 1. The fourth-order valence-corrected chi connectivity index (χ4v) is 10.4. The topological polar surface area (TPSA) is 255 Å². The summed E-state index contributed by atoms with van der Waals surface area (Å²) < 4.78 is 11.4. The molecule has 0 atom stereocenters. The van der Waals surface area contributed by atoms with Gasteiger partial charge < -0.3 is 49.9 Å². The monoisotopic (exact) mass is 1120 g/mol. The van der Waals surface area contributed by atoms with Crippen molar-refractivity contribution in [3.8, 4) is 0 Å². The summed E-state index contributed by atoms with van der Waals surface area (Å²) in [4.78, 5) is 87.1. The number of benzene rings is 6. The number of amides is 4. The number of hydrogen-bond acceptors (Lipinski definition) is 11. The number of aromatic carboxylic acids is 1. The molecular weight excluding hydrogens is 1050 g/mol. The van der Waals surface area contributed by atoms with Crippen molar-refractivity contribution < 1.29 is 73.6 Å². The molecule has 6 aromatic carbocycles.